The predicted molar refractivity (Wildman–Crippen MR) is 109 cm³/mol. The zero-order chi connectivity index (χ0) is 18.4. The van der Waals surface area contributed by atoms with Crippen molar-refractivity contribution in [3.63, 3.8) is 0 Å². The van der Waals surface area contributed by atoms with E-state index in [0.717, 1.165) is 51.3 Å². The maximum Gasteiger partial charge on any atom is 0.122 e. The van der Waals surface area contributed by atoms with E-state index < -0.39 is 0 Å². The lowest BCUT2D eigenvalue weighted by atomic mass is 9.85. The highest BCUT2D eigenvalue weighted by molar-refractivity contribution is 6.42. The van der Waals surface area contributed by atoms with Gasteiger partial charge in [-0.2, -0.15) is 0 Å². The Morgan fingerprint density at radius 3 is 2.54 bits per heavy atom. The molecule has 0 unspecified atom stereocenters. The molecule has 0 saturated carbocycles. The summed E-state index contributed by atoms with van der Waals surface area (Å²) in [4.78, 5) is 0. The lowest BCUT2D eigenvalue weighted by Crippen LogP contribution is -2.18. The molecule has 1 aliphatic heterocycles. The van der Waals surface area contributed by atoms with Crippen molar-refractivity contribution >= 4 is 23.2 Å². The summed E-state index contributed by atoms with van der Waals surface area (Å²) >= 11 is 12.2. The van der Waals surface area contributed by atoms with Gasteiger partial charge in [-0.05, 0) is 60.4 Å². The molecule has 1 saturated heterocycles. The van der Waals surface area contributed by atoms with Crippen LogP contribution in [0.1, 0.15) is 30.9 Å². The fourth-order valence-corrected chi connectivity index (χ4v) is 3.81. The summed E-state index contributed by atoms with van der Waals surface area (Å²) in [5, 5.41) is 1.22. The van der Waals surface area contributed by atoms with Gasteiger partial charge in [-0.1, -0.05) is 60.8 Å². The van der Waals surface area contributed by atoms with E-state index in [0.29, 0.717) is 21.9 Å². The van der Waals surface area contributed by atoms with Crippen molar-refractivity contribution in [1.82, 2.24) is 0 Å². The summed E-state index contributed by atoms with van der Waals surface area (Å²) in [6, 6.07) is 14.3. The minimum atomic E-state index is 0.482. The highest BCUT2D eigenvalue weighted by Crippen LogP contribution is 2.32. The molecular weight excluding hydrogens is 367 g/mol. The van der Waals surface area contributed by atoms with Gasteiger partial charge in [-0.3, -0.25) is 0 Å². The van der Waals surface area contributed by atoms with Crippen LogP contribution in [0.15, 0.2) is 42.5 Å². The highest BCUT2D eigenvalue weighted by atomic mass is 35.5. The van der Waals surface area contributed by atoms with Crippen molar-refractivity contribution < 1.29 is 9.47 Å². The van der Waals surface area contributed by atoms with E-state index >= 15 is 0 Å². The second-order valence-electron chi connectivity index (χ2n) is 7.02. The molecule has 0 aliphatic carbocycles. The second kappa shape index (κ2) is 9.64. The molecular formula is C22H26Cl2O2. The van der Waals surface area contributed by atoms with Gasteiger partial charge in [0, 0.05) is 0 Å². The SMILES string of the molecule is CCCCOc1ccccc1C[C@H]1COC[C@@H]1Cc1ccc(Cl)c(Cl)c1. The van der Waals surface area contributed by atoms with Crippen molar-refractivity contribution in [2.75, 3.05) is 19.8 Å². The number of halogens is 2. The molecule has 0 amide bonds. The van der Waals surface area contributed by atoms with Gasteiger partial charge in [-0.15, -0.1) is 0 Å². The molecule has 2 atom stereocenters. The van der Waals surface area contributed by atoms with Crippen molar-refractivity contribution in [1.29, 1.82) is 0 Å². The largest absolute Gasteiger partial charge is 0.493 e. The number of hydrogen-bond acceptors (Lipinski definition) is 2. The standard InChI is InChI=1S/C22H26Cl2O2/c1-2-3-10-26-22-7-5-4-6-17(22)13-19-15-25-14-18(19)11-16-8-9-20(23)21(24)12-16/h4-9,12,18-19H,2-3,10-11,13-15H2,1H3/t18-,19-/m0/s1. The summed E-state index contributed by atoms with van der Waals surface area (Å²) < 4.78 is 11.8. The molecule has 2 aromatic carbocycles. The van der Waals surface area contributed by atoms with Crippen LogP contribution in [0.2, 0.25) is 10.0 Å². The fraction of sp³-hybridized carbons (Fsp3) is 0.455. The molecule has 2 aromatic rings. The Morgan fingerprint density at radius 2 is 1.77 bits per heavy atom. The van der Waals surface area contributed by atoms with E-state index in [-0.39, 0.29) is 0 Å². The number of hydrogen-bond donors (Lipinski definition) is 0. The van der Waals surface area contributed by atoms with Crippen molar-refractivity contribution in [3.8, 4) is 5.75 Å². The van der Waals surface area contributed by atoms with E-state index in [1.807, 2.05) is 18.2 Å². The molecule has 0 aromatic heterocycles. The van der Waals surface area contributed by atoms with Crippen LogP contribution in [0.4, 0.5) is 0 Å². The zero-order valence-corrected chi connectivity index (χ0v) is 16.7. The molecule has 1 heterocycles. The van der Waals surface area contributed by atoms with Crippen LogP contribution < -0.4 is 4.74 Å². The van der Waals surface area contributed by atoms with Crippen LogP contribution in [0.3, 0.4) is 0 Å². The Labute approximate surface area is 166 Å². The summed E-state index contributed by atoms with van der Waals surface area (Å²) in [6.07, 6.45) is 4.17. The molecule has 0 N–H and O–H groups in total. The summed E-state index contributed by atoms with van der Waals surface area (Å²) in [7, 11) is 0. The van der Waals surface area contributed by atoms with Crippen LogP contribution >= 0.6 is 23.2 Å². The molecule has 26 heavy (non-hydrogen) atoms. The molecule has 0 spiro atoms. The average Bonchev–Trinajstić information content (AvgIpc) is 3.07. The number of para-hydroxylation sites is 1. The average molecular weight is 393 g/mol. The third-order valence-electron chi connectivity index (χ3n) is 5.02. The van der Waals surface area contributed by atoms with Gasteiger partial charge in [0.15, 0.2) is 0 Å². The normalized spacial score (nSPS) is 19.7. The molecule has 140 valence electrons. The van der Waals surface area contributed by atoms with E-state index in [1.54, 1.807) is 0 Å². The van der Waals surface area contributed by atoms with E-state index in [4.69, 9.17) is 32.7 Å². The molecule has 3 rings (SSSR count). The first-order chi connectivity index (χ1) is 12.7. The van der Waals surface area contributed by atoms with Gasteiger partial charge in [0.1, 0.15) is 5.75 Å². The predicted octanol–water partition coefficient (Wildman–Crippen LogP) is 6.22. The quantitative estimate of drug-likeness (QED) is 0.496. The van der Waals surface area contributed by atoms with E-state index in [2.05, 4.69) is 31.2 Å². The molecule has 4 heteroatoms. The first-order valence-corrected chi connectivity index (χ1v) is 10.1. The zero-order valence-electron chi connectivity index (χ0n) is 15.2. The van der Waals surface area contributed by atoms with Gasteiger partial charge in [0.25, 0.3) is 0 Å². The van der Waals surface area contributed by atoms with E-state index in [9.17, 15) is 0 Å². The first-order valence-electron chi connectivity index (χ1n) is 9.39. The van der Waals surface area contributed by atoms with Gasteiger partial charge < -0.3 is 9.47 Å². The van der Waals surface area contributed by atoms with Crippen LogP contribution in [-0.2, 0) is 17.6 Å². The van der Waals surface area contributed by atoms with Gasteiger partial charge in [0.05, 0.1) is 29.9 Å². The Hall–Kier alpha value is -1.22. The molecule has 1 aliphatic rings. The summed E-state index contributed by atoms with van der Waals surface area (Å²) in [5.41, 5.74) is 2.49. The molecule has 0 radical (unpaired) electrons. The second-order valence-corrected chi connectivity index (χ2v) is 7.84. The Bertz CT molecular complexity index is 717. The maximum atomic E-state index is 6.17. The smallest absolute Gasteiger partial charge is 0.122 e. The fourth-order valence-electron chi connectivity index (χ4n) is 3.49. The Morgan fingerprint density at radius 1 is 1.00 bits per heavy atom. The summed E-state index contributed by atoms with van der Waals surface area (Å²) in [6.45, 7) is 4.55. The van der Waals surface area contributed by atoms with Gasteiger partial charge >= 0.3 is 0 Å². The van der Waals surface area contributed by atoms with Crippen molar-refractivity contribution in [2.24, 2.45) is 11.8 Å². The number of benzene rings is 2. The number of unbranched alkanes of at least 4 members (excludes halogenated alkanes) is 1. The lowest BCUT2D eigenvalue weighted by molar-refractivity contribution is 0.180. The minimum absolute atomic E-state index is 0.482. The Balaban J connectivity index is 1.66. The van der Waals surface area contributed by atoms with E-state index in [1.165, 1.54) is 11.1 Å². The minimum Gasteiger partial charge on any atom is -0.493 e. The first kappa shape index (κ1) is 19.5. The molecule has 0 bridgehead atoms. The van der Waals surface area contributed by atoms with Crippen LogP contribution in [0, 0.1) is 11.8 Å². The van der Waals surface area contributed by atoms with Crippen LogP contribution in [-0.4, -0.2) is 19.8 Å². The van der Waals surface area contributed by atoms with Crippen LogP contribution in [0.25, 0.3) is 0 Å². The number of ether oxygens (including phenoxy) is 2. The summed E-state index contributed by atoms with van der Waals surface area (Å²) in [5.74, 6) is 1.98. The highest BCUT2D eigenvalue weighted by Gasteiger charge is 2.29. The third kappa shape index (κ3) is 5.16. The van der Waals surface area contributed by atoms with Gasteiger partial charge in [0.2, 0.25) is 0 Å². The lowest BCUT2D eigenvalue weighted by Gasteiger charge is -2.20. The van der Waals surface area contributed by atoms with Crippen molar-refractivity contribution in [2.45, 2.75) is 32.6 Å². The molecule has 2 nitrogen and oxygen atoms in total. The molecule has 1 fully saturated rings. The maximum absolute atomic E-state index is 6.17. The van der Waals surface area contributed by atoms with Crippen molar-refractivity contribution in [3.05, 3.63) is 63.6 Å². The number of rotatable bonds is 8. The monoisotopic (exact) mass is 392 g/mol. The topological polar surface area (TPSA) is 18.5 Å². The third-order valence-corrected chi connectivity index (χ3v) is 5.76. The van der Waals surface area contributed by atoms with Gasteiger partial charge in [-0.25, -0.2) is 0 Å². The Kier molecular flexibility index (Phi) is 7.24. The van der Waals surface area contributed by atoms with Crippen LogP contribution in [0.5, 0.6) is 5.75 Å².